The number of morpholine rings is 1. The molecule has 1 amide bonds. The Morgan fingerprint density at radius 3 is 2.67 bits per heavy atom. The highest BCUT2D eigenvalue weighted by Gasteiger charge is 2.30. The Kier molecular flexibility index (Phi) is 4.65. The predicted molar refractivity (Wildman–Crippen MR) is 85.2 cm³/mol. The van der Waals surface area contributed by atoms with E-state index in [1.165, 1.54) is 16.4 Å². The van der Waals surface area contributed by atoms with Crippen LogP contribution in [0, 0.1) is 6.92 Å². The molecule has 0 atom stereocenters. The second-order valence-electron chi connectivity index (χ2n) is 5.25. The average Bonchev–Trinajstić information content (AvgIpc) is 3.07. The van der Waals surface area contributed by atoms with Crippen molar-refractivity contribution < 1.29 is 22.4 Å². The Labute approximate surface area is 139 Å². The fraction of sp³-hybridized carbons (Fsp3) is 0.333. The van der Waals surface area contributed by atoms with E-state index in [2.05, 4.69) is 10.3 Å². The van der Waals surface area contributed by atoms with Gasteiger partial charge in [-0.25, -0.2) is 13.4 Å². The van der Waals surface area contributed by atoms with Crippen molar-refractivity contribution in [3.8, 4) is 0 Å². The molecule has 0 bridgehead atoms. The van der Waals surface area contributed by atoms with Crippen LogP contribution in [0.2, 0.25) is 0 Å². The summed E-state index contributed by atoms with van der Waals surface area (Å²) < 4.78 is 36.6. The van der Waals surface area contributed by atoms with Crippen molar-refractivity contribution in [1.82, 2.24) is 9.29 Å². The minimum atomic E-state index is -3.76. The smallest absolute Gasteiger partial charge is 0.292 e. The lowest BCUT2D eigenvalue weighted by Gasteiger charge is -2.24. The van der Waals surface area contributed by atoms with Crippen molar-refractivity contribution in [1.29, 1.82) is 0 Å². The van der Waals surface area contributed by atoms with Gasteiger partial charge in [-0.05, 0) is 31.2 Å². The number of ether oxygens (including phenoxy) is 1. The molecule has 1 fully saturated rings. The van der Waals surface area contributed by atoms with Crippen molar-refractivity contribution in [2.24, 2.45) is 0 Å². The Bertz CT molecular complexity index is 840. The molecular formula is C15H17N3O5S. The topological polar surface area (TPSA) is 102 Å². The summed E-state index contributed by atoms with van der Waals surface area (Å²) in [5.41, 5.74) is 0.753. The fourth-order valence-electron chi connectivity index (χ4n) is 2.29. The highest BCUT2D eigenvalue weighted by atomic mass is 32.2. The van der Waals surface area contributed by atoms with Gasteiger partial charge in [0.05, 0.1) is 13.2 Å². The summed E-state index contributed by atoms with van der Waals surface area (Å²) in [7, 11) is -3.76. The van der Waals surface area contributed by atoms with Gasteiger partial charge in [-0.1, -0.05) is 6.07 Å². The lowest BCUT2D eigenvalue weighted by atomic mass is 10.3. The third-order valence-corrected chi connectivity index (χ3v) is 5.27. The second kappa shape index (κ2) is 6.71. The molecule has 1 saturated heterocycles. The number of furan rings is 1. The van der Waals surface area contributed by atoms with Crippen LogP contribution < -0.4 is 5.32 Å². The van der Waals surface area contributed by atoms with Crippen LogP contribution in [0.15, 0.2) is 39.8 Å². The van der Waals surface area contributed by atoms with Gasteiger partial charge in [-0.3, -0.25) is 4.79 Å². The van der Waals surface area contributed by atoms with Gasteiger partial charge < -0.3 is 14.5 Å². The maximum absolute atomic E-state index is 12.5. The van der Waals surface area contributed by atoms with Gasteiger partial charge in [0.25, 0.3) is 15.9 Å². The zero-order chi connectivity index (χ0) is 17.2. The quantitative estimate of drug-likeness (QED) is 0.890. The van der Waals surface area contributed by atoms with Gasteiger partial charge in [0.1, 0.15) is 5.82 Å². The molecule has 2 aromatic heterocycles. The SMILES string of the molecule is Cc1cccc(NC(=O)c2ccc(S(=O)(=O)N3CCOCC3)o2)n1. The number of hydrogen-bond donors (Lipinski definition) is 1. The molecule has 0 saturated carbocycles. The van der Waals surface area contributed by atoms with Gasteiger partial charge in [0.2, 0.25) is 5.09 Å². The summed E-state index contributed by atoms with van der Waals surface area (Å²) in [6.45, 7) is 3.00. The summed E-state index contributed by atoms with van der Waals surface area (Å²) in [5.74, 6) is -0.282. The third-order valence-electron chi connectivity index (χ3n) is 3.50. The number of amides is 1. The van der Waals surface area contributed by atoms with Crippen LogP contribution in [0.5, 0.6) is 0 Å². The Balaban J connectivity index is 1.76. The first-order chi connectivity index (χ1) is 11.5. The molecule has 9 heteroatoms. The zero-order valence-corrected chi connectivity index (χ0v) is 13.9. The van der Waals surface area contributed by atoms with E-state index < -0.39 is 15.9 Å². The lowest BCUT2D eigenvalue weighted by Crippen LogP contribution is -2.40. The number of carbonyl (C=O) groups excluding carboxylic acids is 1. The maximum Gasteiger partial charge on any atom is 0.292 e. The molecule has 0 aliphatic carbocycles. The average molecular weight is 351 g/mol. The lowest BCUT2D eigenvalue weighted by molar-refractivity contribution is 0.0723. The van der Waals surface area contributed by atoms with E-state index in [4.69, 9.17) is 9.15 Å². The Hall–Kier alpha value is -2.23. The summed E-state index contributed by atoms with van der Waals surface area (Å²) in [5, 5.41) is 2.31. The molecule has 8 nitrogen and oxygen atoms in total. The van der Waals surface area contributed by atoms with Crippen LogP contribution in [0.25, 0.3) is 0 Å². The summed E-state index contributed by atoms with van der Waals surface area (Å²) in [4.78, 5) is 16.3. The maximum atomic E-state index is 12.5. The van der Waals surface area contributed by atoms with Crippen LogP contribution in [-0.2, 0) is 14.8 Å². The molecule has 1 N–H and O–H groups in total. The van der Waals surface area contributed by atoms with Crippen molar-refractivity contribution in [2.45, 2.75) is 12.0 Å². The highest BCUT2D eigenvalue weighted by molar-refractivity contribution is 7.89. The molecule has 128 valence electrons. The standard InChI is InChI=1S/C15H17N3O5S/c1-11-3-2-4-13(16-11)17-15(19)12-5-6-14(23-12)24(20,21)18-7-9-22-10-8-18/h2-6H,7-10H2,1H3,(H,16,17,19). The molecule has 0 radical (unpaired) electrons. The van der Waals surface area contributed by atoms with Gasteiger partial charge in [-0.2, -0.15) is 4.31 Å². The largest absolute Gasteiger partial charge is 0.438 e. The summed E-state index contributed by atoms with van der Waals surface area (Å²) in [6, 6.07) is 7.81. The molecule has 1 aliphatic heterocycles. The van der Waals surface area contributed by atoms with Crippen LogP contribution in [0.4, 0.5) is 5.82 Å². The fourth-order valence-corrected chi connectivity index (χ4v) is 3.60. The second-order valence-corrected chi connectivity index (χ2v) is 7.12. The zero-order valence-electron chi connectivity index (χ0n) is 13.1. The Morgan fingerprint density at radius 2 is 1.96 bits per heavy atom. The number of sulfonamides is 1. The molecule has 0 aromatic carbocycles. The van der Waals surface area contributed by atoms with E-state index in [0.29, 0.717) is 19.0 Å². The van der Waals surface area contributed by atoms with Crippen molar-refractivity contribution >= 4 is 21.7 Å². The molecule has 2 aromatic rings. The van der Waals surface area contributed by atoms with E-state index in [0.717, 1.165) is 5.69 Å². The van der Waals surface area contributed by atoms with Gasteiger partial charge in [0.15, 0.2) is 5.76 Å². The normalized spacial score (nSPS) is 16.0. The first kappa shape index (κ1) is 16.6. The number of anilines is 1. The number of nitrogens with one attached hydrogen (secondary N) is 1. The highest BCUT2D eigenvalue weighted by Crippen LogP contribution is 2.20. The van der Waals surface area contributed by atoms with E-state index in [1.807, 2.05) is 0 Å². The number of hydrogen-bond acceptors (Lipinski definition) is 6. The van der Waals surface area contributed by atoms with Crippen molar-refractivity contribution in [3.05, 3.63) is 41.8 Å². The van der Waals surface area contributed by atoms with Crippen molar-refractivity contribution in [2.75, 3.05) is 31.6 Å². The van der Waals surface area contributed by atoms with Crippen molar-refractivity contribution in [3.63, 3.8) is 0 Å². The summed E-state index contributed by atoms with van der Waals surface area (Å²) in [6.07, 6.45) is 0. The van der Waals surface area contributed by atoms with Gasteiger partial charge in [-0.15, -0.1) is 0 Å². The number of carbonyl (C=O) groups is 1. The van der Waals surface area contributed by atoms with Crippen LogP contribution in [0.1, 0.15) is 16.2 Å². The van der Waals surface area contributed by atoms with Gasteiger partial charge in [0, 0.05) is 18.8 Å². The van der Waals surface area contributed by atoms with Gasteiger partial charge >= 0.3 is 0 Å². The number of rotatable bonds is 4. The molecule has 0 spiro atoms. The number of aromatic nitrogens is 1. The number of pyridine rings is 1. The minimum Gasteiger partial charge on any atom is -0.438 e. The molecule has 0 unspecified atom stereocenters. The summed E-state index contributed by atoms with van der Waals surface area (Å²) >= 11 is 0. The van der Waals surface area contributed by atoms with E-state index in [9.17, 15) is 13.2 Å². The molecule has 1 aliphatic rings. The van der Waals surface area contributed by atoms with Crippen LogP contribution in [0.3, 0.4) is 0 Å². The van der Waals surface area contributed by atoms with E-state index >= 15 is 0 Å². The third kappa shape index (κ3) is 3.48. The number of nitrogens with zero attached hydrogens (tertiary/aromatic N) is 2. The van der Waals surface area contributed by atoms with Crippen LogP contribution >= 0.6 is 0 Å². The van der Waals surface area contributed by atoms with E-state index in [1.54, 1.807) is 25.1 Å². The molecule has 3 rings (SSSR count). The predicted octanol–water partition coefficient (Wildman–Crippen LogP) is 1.26. The minimum absolute atomic E-state index is 0.0925. The monoisotopic (exact) mass is 351 g/mol. The van der Waals surface area contributed by atoms with Crippen LogP contribution in [-0.4, -0.2) is 49.9 Å². The number of aryl methyl sites for hydroxylation is 1. The molecular weight excluding hydrogens is 334 g/mol. The van der Waals surface area contributed by atoms with E-state index in [-0.39, 0.29) is 23.9 Å². The molecule has 24 heavy (non-hydrogen) atoms. The first-order valence-corrected chi connectivity index (χ1v) is 8.83. The Morgan fingerprint density at radius 1 is 1.21 bits per heavy atom. The first-order valence-electron chi connectivity index (χ1n) is 7.39. The molecule has 3 heterocycles.